The zero-order chi connectivity index (χ0) is 12.3. The van der Waals surface area contributed by atoms with Crippen LogP contribution in [0.5, 0.6) is 0 Å². The molecule has 0 bridgehead atoms. The maximum absolute atomic E-state index is 5.55. The van der Waals surface area contributed by atoms with Crippen LogP contribution in [0.4, 0.5) is 0 Å². The Morgan fingerprint density at radius 1 is 1.35 bits per heavy atom. The van der Waals surface area contributed by atoms with Crippen molar-refractivity contribution in [1.82, 2.24) is 14.6 Å². The van der Waals surface area contributed by atoms with Gasteiger partial charge in [0.2, 0.25) is 0 Å². The number of aromatic nitrogens is 3. The monoisotopic (exact) mass is 232 g/mol. The van der Waals surface area contributed by atoms with Crippen LogP contribution in [0.2, 0.25) is 0 Å². The van der Waals surface area contributed by atoms with E-state index in [1.807, 2.05) is 6.20 Å². The van der Waals surface area contributed by atoms with Crippen molar-refractivity contribution in [3.05, 3.63) is 29.7 Å². The molecule has 0 aromatic carbocycles. The first-order valence-electron chi connectivity index (χ1n) is 6.21. The summed E-state index contributed by atoms with van der Waals surface area (Å²) in [6, 6.07) is 4.14. The van der Waals surface area contributed by atoms with E-state index >= 15 is 0 Å². The lowest BCUT2D eigenvalue weighted by Crippen LogP contribution is -2.07. The number of pyridine rings is 1. The largest absolute Gasteiger partial charge is 0.330 e. The van der Waals surface area contributed by atoms with Crippen molar-refractivity contribution >= 4 is 5.65 Å². The van der Waals surface area contributed by atoms with Crippen molar-refractivity contribution < 1.29 is 0 Å². The van der Waals surface area contributed by atoms with Gasteiger partial charge in [0, 0.05) is 12.6 Å². The lowest BCUT2D eigenvalue weighted by atomic mass is 10.0. The summed E-state index contributed by atoms with van der Waals surface area (Å²) in [5.74, 6) is 1.70. The standard InChI is InChI=1S/C13H20N4/c1-10(5-7-14)3-4-12-15-16-13-9-11(2)6-8-17(12)13/h6,8-10H,3-5,7,14H2,1-2H3. The molecule has 2 aromatic heterocycles. The summed E-state index contributed by atoms with van der Waals surface area (Å²) in [5, 5.41) is 8.44. The average molecular weight is 232 g/mol. The number of hydrogen-bond donors (Lipinski definition) is 1. The van der Waals surface area contributed by atoms with Crippen LogP contribution in [0.15, 0.2) is 18.3 Å². The Bertz CT molecular complexity index is 489. The van der Waals surface area contributed by atoms with E-state index in [1.165, 1.54) is 5.56 Å². The fraction of sp³-hybridized carbons (Fsp3) is 0.538. The van der Waals surface area contributed by atoms with Gasteiger partial charge in [0.05, 0.1) is 0 Å². The number of nitrogens with two attached hydrogens (primary N) is 1. The van der Waals surface area contributed by atoms with Gasteiger partial charge in [0.15, 0.2) is 5.65 Å². The molecular formula is C13H20N4. The van der Waals surface area contributed by atoms with E-state index in [0.717, 1.165) is 37.3 Å². The molecule has 1 atom stereocenters. The molecule has 0 spiro atoms. The molecule has 2 heterocycles. The summed E-state index contributed by atoms with van der Waals surface area (Å²) in [5.41, 5.74) is 7.70. The molecule has 0 aliphatic heterocycles. The predicted molar refractivity (Wildman–Crippen MR) is 68.9 cm³/mol. The third-order valence-corrected chi connectivity index (χ3v) is 3.16. The van der Waals surface area contributed by atoms with E-state index in [2.05, 4.69) is 40.6 Å². The van der Waals surface area contributed by atoms with Gasteiger partial charge >= 0.3 is 0 Å². The Kier molecular flexibility index (Phi) is 3.74. The SMILES string of the molecule is Cc1ccn2c(CCC(C)CCN)nnc2c1. The fourth-order valence-electron chi connectivity index (χ4n) is 2.02. The minimum atomic E-state index is 0.651. The normalized spacial score (nSPS) is 13.1. The van der Waals surface area contributed by atoms with Gasteiger partial charge in [-0.25, -0.2) is 0 Å². The molecule has 92 valence electrons. The van der Waals surface area contributed by atoms with Crippen molar-refractivity contribution in [1.29, 1.82) is 0 Å². The van der Waals surface area contributed by atoms with Crippen LogP contribution in [0.1, 0.15) is 31.2 Å². The van der Waals surface area contributed by atoms with Gasteiger partial charge in [-0.15, -0.1) is 10.2 Å². The number of aryl methyl sites for hydroxylation is 2. The number of fused-ring (bicyclic) bond motifs is 1. The Morgan fingerprint density at radius 2 is 2.18 bits per heavy atom. The molecule has 2 rings (SSSR count). The number of rotatable bonds is 5. The first-order chi connectivity index (χ1) is 8.20. The average Bonchev–Trinajstić information content (AvgIpc) is 2.69. The van der Waals surface area contributed by atoms with Crippen LogP contribution in [0, 0.1) is 12.8 Å². The van der Waals surface area contributed by atoms with Crippen molar-refractivity contribution in [3.8, 4) is 0 Å². The molecule has 4 nitrogen and oxygen atoms in total. The van der Waals surface area contributed by atoms with Gasteiger partial charge < -0.3 is 5.73 Å². The highest BCUT2D eigenvalue weighted by atomic mass is 15.2. The van der Waals surface area contributed by atoms with Gasteiger partial charge in [0.1, 0.15) is 5.82 Å². The summed E-state index contributed by atoms with van der Waals surface area (Å²) in [4.78, 5) is 0. The third kappa shape index (κ3) is 2.82. The fourth-order valence-corrected chi connectivity index (χ4v) is 2.02. The van der Waals surface area contributed by atoms with Crippen molar-refractivity contribution in [2.45, 2.75) is 33.1 Å². The third-order valence-electron chi connectivity index (χ3n) is 3.16. The second-order valence-electron chi connectivity index (χ2n) is 4.77. The molecule has 2 N–H and O–H groups in total. The second-order valence-corrected chi connectivity index (χ2v) is 4.77. The van der Waals surface area contributed by atoms with Crippen LogP contribution in [-0.4, -0.2) is 21.1 Å². The molecule has 0 amide bonds. The van der Waals surface area contributed by atoms with Crippen molar-refractivity contribution in [2.75, 3.05) is 6.54 Å². The minimum Gasteiger partial charge on any atom is -0.330 e. The van der Waals surface area contributed by atoms with E-state index < -0.39 is 0 Å². The molecule has 0 fully saturated rings. The van der Waals surface area contributed by atoms with E-state index in [1.54, 1.807) is 0 Å². The van der Waals surface area contributed by atoms with Crippen LogP contribution in [0.3, 0.4) is 0 Å². The molecule has 2 aromatic rings. The van der Waals surface area contributed by atoms with Gasteiger partial charge in [-0.05, 0) is 49.9 Å². The molecule has 0 radical (unpaired) electrons. The summed E-state index contributed by atoms with van der Waals surface area (Å²) >= 11 is 0. The topological polar surface area (TPSA) is 56.2 Å². The zero-order valence-corrected chi connectivity index (χ0v) is 10.6. The Hall–Kier alpha value is -1.42. The molecule has 0 aliphatic carbocycles. The second kappa shape index (κ2) is 5.27. The molecule has 0 saturated heterocycles. The van der Waals surface area contributed by atoms with Crippen LogP contribution < -0.4 is 5.73 Å². The lowest BCUT2D eigenvalue weighted by molar-refractivity contribution is 0.492. The molecule has 17 heavy (non-hydrogen) atoms. The van der Waals surface area contributed by atoms with Crippen LogP contribution in [0.25, 0.3) is 5.65 Å². The molecule has 0 aliphatic rings. The quantitative estimate of drug-likeness (QED) is 0.857. The Morgan fingerprint density at radius 3 is 2.94 bits per heavy atom. The number of nitrogens with zero attached hydrogens (tertiary/aromatic N) is 3. The first kappa shape index (κ1) is 12.0. The molecular weight excluding hydrogens is 212 g/mol. The van der Waals surface area contributed by atoms with E-state index in [9.17, 15) is 0 Å². The van der Waals surface area contributed by atoms with Gasteiger partial charge in [-0.2, -0.15) is 0 Å². The molecule has 4 heteroatoms. The smallest absolute Gasteiger partial charge is 0.161 e. The molecule has 0 saturated carbocycles. The van der Waals surface area contributed by atoms with Gasteiger partial charge in [-0.3, -0.25) is 4.40 Å². The van der Waals surface area contributed by atoms with E-state index in [4.69, 9.17) is 5.73 Å². The highest BCUT2D eigenvalue weighted by molar-refractivity contribution is 5.40. The summed E-state index contributed by atoms with van der Waals surface area (Å²) < 4.78 is 2.07. The van der Waals surface area contributed by atoms with Gasteiger partial charge in [0.25, 0.3) is 0 Å². The maximum Gasteiger partial charge on any atom is 0.161 e. The van der Waals surface area contributed by atoms with E-state index in [0.29, 0.717) is 5.92 Å². The van der Waals surface area contributed by atoms with Gasteiger partial charge in [-0.1, -0.05) is 6.92 Å². The molecule has 1 unspecified atom stereocenters. The number of hydrogen-bond acceptors (Lipinski definition) is 3. The zero-order valence-electron chi connectivity index (χ0n) is 10.6. The summed E-state index contributed by atoms with van der Waals surface area (Å²) in [6.07, 6.45) is 5.21. The minimum absolute atomic E-state index is 0.651. The van der Waals surface area contributed by atoms with E-state index in [-0.39, 0.29) is 0 Å². The highest BCUT2D eigenvalue weighted by Gasteiger charge is 2.07. The maximum atomic E-state index is 5.55. The Labute approximate surface area is 102 Å². The summed E-state index contributed by atoms with van der Waals surface area (Å²) in [6.45, 7) is 5.07. The van der Waals surface area contributed by atoms with Crippen LogP contribution in [-0.2, 0) is 6.42 Å². The Balaban J connectivity index is 2.09. The van der Waals surface area contributed by atoms with Crippen molar-refractivity contribution in [2.24, 2.45) is 11.7 Å². The predicted octanol–water partition coefficient (Wildman–Crippen LogP) is 1.96. The van der Waals surface area contributed by atoms with Crippen molar-refractivity contribution in [3.63, 3.8) is 0 Å². The summed E-state index contributed by atoms with van der Waals surface area (Å²) in [7, 11) is 0. The highest BCUT2D eigenvalue weighted by Crippen LogP contribution is 2.12. The van der Waals surface area contributed by atoms with Crippen LogP contribution >= 0.6 is 0 Å². The lowest BCUT2D eigenvalue weighted by Gasteiger charge is -2.08. The first-order valence-corrected chi connectivity index (χ1v) is 6.21.